The van der Waals surface area contributed by atoms with Crippen LogP contribution in [-0.4, -0.2) is 34.1 Å². The van der Waals surface area contributed by atoms with Gasteiger partial charge in [-0.15, -0.1) is 0 Å². The molecule has 0 radical (unpaired) electrons. The Hall–Kier alpha value is -2.11. The van der Waals surface area contributed by atoms with Crippen LogP contribution >= 0.6 is 0 Å². The molecular weight excluding hydrogens is 263 g/mol. The normalized spacial score (nSPS) is 22.4. The minimum absolute atomic E-state index is 0.0517. The molecule has 2 N–H and O–H groups in total. The SMILES string of the molecule is CC1(C(=O)O)CCCCN1C(=O)Nc1ccccc1F. The van der Waals surface area contributed by atoms with Crippen molar-refractivity contribution in [1.29, 1.82) is 0 Å². The van der Waals surface area contributed by atoms with E-state index in [-0.39, 0.29) is 5.69 Å². The van der Waals surface area contributed by atoms with Crippen LogP contribution in [0.2, 0.25) is 0 Å². The number of rotatable bonds is 2. The van der Waals surface area contributed by atoms with Crippen molar-refractivity contribution < 1.29 is 19.1 Å². The second-order valence-electron chi connectivity index (χ2n) is 5.10. The Bertz CT molecular complexity index is 535. The van der Waals surface area contributed by atoms with Crippen LogP contribution in [0, 0.1) is 5.82 Å². The van der Waals surface area contributed by atoms with Crippen LogP contribution in [0.3, 0.4) is 0 Å². The van der Waals surface area contributed by atoms with Crippen molar-refractivity contribution in [3.63, 3.8) is 0 Å². The number of urea groups is 1. The molecule has 0 aliphatic carbocycles. The van der Waals surface area contributed by atoms with E-state index in [0.29, 0.717) is 13.0 Å². The number of carbonyl (C=O) groups excluding carboxylic acids is 1. The van der Waals surface area contributed by atoms with E-state index < -0.39 is 23.4 Å². The zero-order valence-corrected chi connectivity index (χ0v) is 11.2. The third kappa shape index (κ3) is 2.59. The van der Waals surface area contributed by atoms with Gasteiger partial charge in [0.1, 0.15) is 11.4 Å². The largest absolute Gasteiger partial charge is 0.480 e. The lowest BCUT2D eigenvalue weighted by atomic mass is 9.89. The predicted molar refractivity (Wildman–Crippen MR) is 72.0 cm³/mol. The van der Waals surface area contributed by atoms with Crippen molar-refractivity contribution in [2.24, 2.45) is 0 Å². The molecule has 0 bridgehead atoms. The van der Waals surface area contributed by atoms with Gasteiger partial charge in [0.15, 0.2) is 0 Å². The Morgan fingerprint density at radius 3 is 2.70 bits per heavy atom. The second-order valence-corrected chi connectivity index (χ2v) is 5.10. The van der Waals surface area contributed by atoms with Crippen LogP contribution in [0.1, 0.15) is 26.2 Å². The van der Waals surface area contributed by atoms with Crippen LogP contribution in [0.4, 0.5) is 14.9 Å². The van der Waals surface area contributed by atoms with Crippen LogP contribution in [-0.2, 0) is 4.79 Å². The molecule has 1 aromatic carbocycles. The Labute approximate surface area is 116 Å². The molecule has 2 rings (SSSR count). The summed E-state index contributed by atoms with van der Waals surface area (Å²) in [6, 6.07) is 5.22. The molecule has 1 saturated heterocycles. The summed E-state index contributed by atoms with van der Waals surface area (Å²) >= 11 is 0. The monoisotopic (exact) mass is 280 g/mol. The van der Waals surface area contributed by atoms with Crippen LogP contribution in [0.15, 0.2) is 24.3 Å². The number of carbonyl (C=O) groups is 2. The topological polar surface area (TPSA) is 69.6 Å². The highest BCUT2D eigenvalue weighted by Gasteiger charge is 2.44. The number of halogens is 1. The summed E-state index contributed by atoms with van der Waals surface area (Å²) in [6.45, 7) is 1.87. The molecule has 6 heteroatoms. The number of nitrogens with one attached hydrogen (secondary N) is 1. The lowest BCUT2D eigenvalue weighted by molar-refractivity contribution is -0.150. The Morgan fingerprint density at radius 1 is 1.35 bits per heavy atom. The first kappa shape index (κ1) is 14.3. The van der Waals surface area contributed by atoms with Crippen LogP contribution < -0.4 is 5.32 Å². The number of nitrogens with zero attached hydrogens (tertiary/aromatic N) is 1. The molecule has 1 fully saturated rings. The zero-order valence-electron chi connectivity index (χ0n) is 11.2. The lowest BCUT2D eigenvalue weighted by Gasteiger charge is -2.41. The van der Waals surface area contributed by atoms with Crippen molar-refractivity contribution in [1.82, 2.24) is 4.90 Å². The zero-order chi connectivity index (χ0) is 14.8. The minimum Gasteiger partial charge on any atom is -0.480 e. The highest BCUT2D eigenvalue weighted by atomic mass is 19.1. The van der Waals surface area contributed by atoms with Gasteiger partial charge in [0, 0.05) is 6.54 Å². The fourth-order valence-electron chi connectivity index (χ4n) is 2.41. The number of anilines is 1. The first-order chi connectivity index (χ1) is 9.45. The van der Waals surface area contributed by atoms with Gasteiger partial charge in [0.25, 0.3) is 0 Å². The van der Waals surface area contributed by atoms with Gasteiger partial charge in [0.05, 0.1) is 5.69 Å². The first-order valence-electron chi connectivity index (χ1n) is 6.52. The molecule has 0 spiro atoms. The van der Waals surface area contributed by atoms with Crippen molar-refractivity contribution >= 4 is 17.7 Å². The average Bonchev–Trinajstić information content (AvgIpc) is 2.41. The molecule has 1 heterocycles. The standard InChI is InChI=1S/C14H17FN2O3/c1-14(12(18)19)8-4-5-9-17(14)13(20)16-11-7-3-2-6-10(11)15/h2-3,6-7H,4-5,8-9H2,1H3,(H,16,20)(H,18,19). The molecule has 0 saturated carbocycles. The lowest BCUT2D eigenvalue weighted by Crippen LogP contribution is -2.58. The Balaban J connectivity index is 2.19. The van der Waals surface area contributed by atoms with Gasteiger partial charge >= 0.3 is 12.0 Å². The number of para-hydroxylation sites is 1. The molecule has 108 valence electrons. The number of hydrogen-bond acceptors (Lipinski definition) is 2. The summed E-state index contributed by atoms with van der Waals surface area (Å²) in [5, 5.41) is 11.8. The van der Waals surface area contributed by atoms with Gasteiger partial charge in [-0.05, 0) is 38.3 Å². The number of benzene rings is 1. The van der Waals surface area contributed by atoms with E-state index in [0.717, 1.165) is 12.8 Å². The minimum atomic E-state index is -1.24. The fraction of sp³-hybridized carbons (Fsp3) is 0.429. The van der Waals surface area contributed by atoms with E-state index >= 15 is 0 Å². The summed E-state index contributed by atoms with van der Waals surface area (Å²) in [5.41, 5.74) is -1.19. The molecule has 1 aliphatic rings. The molecular formula is C14H17FN2O3. The second kappa shape index (κ2) is 5.48. The van der Waals surface area contributed by atoms with Crippen molar-refractivity contribution in [2.75, 3.05) is 11.9 Å². The summed E-state index contributed by atoms with van der Waals surface area (Å²) in [5.74, 6) is -1.59. The quantitative estimate of drug-likeness (QED) is 0.875. The molecule has 1 unspecified atom stereocenters. The maximum absolute atomic E-state index is 13.5. The Kier molecular flexibility index (Phi) is 3.92. The van der Waals surface area contributed by atoms with E-state index in [1.165, 1.54) is 30.0 Å². The maximum Gasteiger partial charge on any atom is 0.329 e. The van der Waals surface area contributed by atoms with E-state index in [1.54, 1.807) is 6.07 Å². The van der Waals surface area contributed by atoms with Gasteiger partial charge in [-0.25, -0.2) is 14.0 Å². The number of carboxylic acid groups (broad SMARTS) is 1. The van der Waals surface area contributed by atoms with Gasteiger partial charge in [-0.1, -0.05) is 12.1 Å². The first-order valence-corrected chi connectivity index (χ1v) is 6.52. The highest BCUT2D eigenvalue weighted by Crippen LogP contribution is 2.29. The smallest absolute Gasteiger partial charge is 0.329 e. The number of likely N-dealkylation sites (tertiary alicyclic amines) is 1. The Morgan fingerprint density at radius 2 is 2.05 bits per heavy atom. The third-order valence-electron chi connectivity index (χ3n) is 3.71. The van der Waals surface area contributed by atoms with E-state index in [2.05, 4.69) is 5.32 Å². The van der Waals surface area contributed by atoms with E-state index in [1.807, 2.05) is 0 Å². The molecule has 1 aromatic rings. The summed E-state index contributed by atoms with van der Waals surface area (Å²) in [4.78, 5) is 24.9. The number of amides is 2. The van der Waals surface area contributed by atoms with E-state index in [9.17, 15) is 19.1 Å². The van der Waals surface area contributed by atoms with Crippen molar-refractivity contribution in [3.8, 4) is 0 Å². The molecule has 1 atom stereocenters. The molecule has 0 aromatic heterocycles. The van der Waals surface area contributed by atoms with E-state index in [4.69, 9.17) is 0 Å². The van der Waals surface area contributed by atoms with Crippen molar-refractivity contribution in [3.05, 3.63) is 30.1 Å². The van der Waals surface area contributed by atoms with Gasteiger partial charge < -0.3 is 15.3 Å². The van der Waals surface area contributed by atoms with Crippen LogP contribution in [0.5, 0.6) is 0 Å². The average molecular weight is 280 g/mol. The summed E-state index contributed by atoms with van der Waals surface area (Å²) < 4.78 is 13.5. The number of aliphatic carboxylic acids is 1. The predicted octanol–water partition coefficient (Wildman–Crippen LogP) is 2.69. The highest BCUT2D eigenvalue weighted by molar-refractivity contribution is 5.94. The fourth-order valence-corrected chi connectivity index (χ4v) is 2.41. The molecule has 1 aliphatic heterocycles. The molecule has 2 amide bonds. The summed E-state index contributed by atoms with van der Waals surface area (Å²) in [7, 11) is 0. The number of hydrogen-bond donors (Lipinski definition) is 2. The number of piperidine rings is 1. The summed E-state index contributed by atoms with van der Waals surface area (Å²) in [6.07, 6.45) is 1.90. The van der Waals surface area contributed by atoms with Gasteiger partial charge in [0.2, 0.25) is 0 Å². The van der Waals surface area contributed by atoms with Crippen LogP contribution in [0.25, 0.3) is 0 Å². The third-order valence-corrected chi connectivity index (χ3v) is 3.71. The van der Waals surface area contributed by atoms with Crippen molar-refractivity contribution in [2.45, 2.75) is 31.7 Å². The van der Waals surface area contributed by atoms with Gasteiger partial charge in [-0.3, -0.25) is 0 Å². The van der Waals surface area contributed by atoms with Gasteiger partial charge in [-0.2, -0.15) is 0 Å². The number of carboxylic acids is 1. The molecule has 5 nitrogen and oxygen atoms in total. The molecule has 20 heavy (non-hydrogen) atoms. The maximum atomic E-state index is 13.5.